The molecule has 106 valence electrons. The van der Waals surface area contributed by atoms with E-state index in [1.54, 1.807) is 0 Å². The second-order valence-electron chi connectivity index (χ2n) is 6.34. The van der Waals surface area contributed by atoms with Crippen LogP contribution in [-0.2, 0) is 6.42 Å². The zero-order valence-corrected chi connectivity index (χ0v) is 13.5. The van der Waals surface area contributed by atoms with Crippen LogP contribution in [0.5, 0.6) is 0 Å². The molecule has 1 saturated carbocycles. The molecule has 1 nitrogen and oxygen atoms in total. The van der Waals surface area contributed by atoms with Crippen LogP contribution < -0.4 is 5.32 Å². The van der Waals surface area contributed by atoms with E-state index in [0.29, 0.717) is 6.04 Å². The van der Waals surface area contributed by atoms with E-state index in [2.05, 4.69) is 26.1 Å². The van der Waals surface area contributed by atoms with Crippen LogP contribution in [0.4, 0.5) is 0 Å². The first-order valence-corrected chi connectivity index (χ1v) is 7.84. The topological polar surface area (TPSA) is 12.0 Å². The molecular formula is C16H23Cl2N. The predicted octanol–water partition coefficient (Wildman–Crippen LogP) is 4.95. The molecule has 1 aliphatic rings. The van der Waals surface area contributed by atoms with Gasteiger partial charge in [0.1, 0.15) is 0 Å². The van der Waals surface area contributed by atoms with Gasteiger partial charge < -0.3 is 5.32 Å². The highest BCUT2D eigenvalue weighted by molar-refractivity contribution is 6.36. The lowest BCUT2D eigenvalue weighted by Gasteiger charge is -2.32. The van der Waals surface area contributed by atoms with Gasteiger partial charge in [-0.1, -0.05) is 50.0 Å². The zero-order valence-electron chi connectivity index (χ0n) is 12.0. The Morgan fingerprint density at radius 2 is 1.84 bits per heavy atom. The van der Waals surface area contributed by atoms with Crippen molar-refractivity contribution in [2.24, 2.45) is 11.3 Å². The molecule has 1 N–H and O–H groups in total. The molecule has 19 heavy (non-hydrogen) atoms. The van der Waals surface area contributed by atoms with Gasteiger partial charge in [0.15, 0.2) is 0 Å². The third-order valence-corrected chi connectivity index (χ3v) is 4.83. The van der Waals surface area contributed by atoms with Gasteiger partial charge in [-0.2, -0.15) is 0 Å². The van der Waals surface area contributed by atoms with Crippen LogP contribution in [0, 0.1) is 11.3 Å². The van der Waals surface area contributed by atoms with Gasteiger partial charge in [-0.05, 0) is 48.3 Å². The van der Waals surface area contributed by atoms with Crippen molar-refractivity contribution in [3.05, 3.63) is 33.8 Å². The van der Waals surface area contributed by atoms with Gasteiger partial charge in [0.2, 0.25) is 0 Å². The zero-order chi connectivity index (χ0) is 14.0. The lowest BCUT2D eigenvalue weighted by atomic mass is 9.78. The van der Waals surface area contributed by atoms with Gasteiger partial charge in [-0.3, -0.25) is 0 Å². The number of nitrogens with one attached hydrogen (secondary N) is 1. The molecule has 1 aliphatic carbocycles. The standard InChI is InChI=1S/C16H23Cl2N/c1-11(2)19-10-16(3,12-7-8-12)9-13-14(17)5-4-6-15(13)18/h4-6,11-12,19H,7-10H2,1-3H3. The minimum Gasteiger partial charge on any atom is -0.314 e. The van der Waals surface area contributed by atoms with Gasteiger partial charge in [0.25, 0.3) is 0 Å². The van der Waals surface area contributed by atoms with Gasteiger partial charge in [-0.25, -0.2) is 0 Å². The fourth-order valence-electron chi connectivity index (χ4n) is 2.67. The molecule has 0 aromatic heterocycles. The summed E-state index contributed by atoms with van der Waals surface area (Å²) in [6, 6.07) is 6.30. The summed E-state index contributed by atoms with van der Waals surface area (Å²) < 4.78 is 0. The summed E-state index contributed by atoms with van der Waals surface area (Å²) in [7, 11) is 0. The van der Waals surface area contributed by atoms with Crippen LogP contribution in [-0.4, -0.2) is 12.6 Å². The van der Waals surface area contributed by atoms with E-state index >= 15 is 0 Å². The minimum absolute atomic E-state index is 0.249. The molecule has 2 rings (SSSR count). The maximum absolute atomic E-state index is 6.32. The average Bonchev–Trinajstić information content (AvgIpc) is 3.16. The Kier molecular flexibility index (Phi) is 4.81. The molecule has 0 aliphatic heterocycles. The normalized spacial score (nSPS) is 18.6. The summed E-state index contributed by atoms with van der Waals surface area (Å²) in [6.07, 6.45) is 3.62. The lowest BCUT2D eigenvalue weighted by molar-refractivity contribution is 0.248. The van der Waals surface area contributed by atoms with Gasteiger partial charge in [-0.15, -0.1) is 0 Å². The molecule has 1 atom stereocenters. The Bertz CT molecular complexity index is 420. The van der Waals surface area contributed by atoms with Crippen molar-refractivity contribution in [1.82, 2.24) is 5.32 Å². The second-order valence-corrected chi connectivity index (χ2v) is 7.16. The van der Waals surface area contributed by atoms with Gasteiger partial charge >= 0.3 is 0 Å². The fraction of sp³-hybridized carbons (Fsp3) is 0.625. The minimum atomic E-state index is 0.249. The first-order chi connectivity index (χ1) is 8.92. The molecule has 0 radical (unpaired) electrons. The van der Waals surface area contributed by atoms with Crippen LogP contribution in [0.3, 0.4) is 0 Å². The lowest BCUT2D eigenvalue weighted by Crippen LogP contribution is -2.38. The van der Waals surface area contributed by atoms with Crippen molar-refractivity contribution in [3.63, 3.8) is 0 Å². The van der Waals surface area contributed by atoms with Crippen LogP contribution in [0.2, 0.25) is 10.0 Å². The SMILES string of the molecule is CC(C)NCC(C)(Cc1c(Cl)cccc1Cl)C1CC1. The number of hydrogen-bond donors (Lipinski definition) is 1. The predicted molar refractivity (Wildman–Crippen MR) is 84.1 cm³/mol. The van der Waals surface area contributed by atoms with Gasteiger partial charge in [0, 0.05) is 22.6 Å². The Hall–Kier alpha value is -0.240. The van der Waals surface area contributed by atoms with Crippen molar-refractivity contribution in [2.45, 2.75) is 46.1 Å². The highest BCUT2D eigenvalue weighted by Crippen LogP contribution is 2.48. The van der Waals surface area contributed by atoms with E-state index in [9.17, 15) is 0 Å². The average molecular weight is 300 g/mol. The molecule has 1 aromatic carbocycles. The van der Waals surface area contributed by atoms with E-state index in [1.807, 2.05) is 18.2 Å². The summed E-state index contributed by atoms with van der Waals surface area (Å²) >= 11 is 12.6. The molecule has 0 spiro atoms. The fourth-order valence-corrected chi connectivity index (χ4v) is 3.20. The van der Waals surface area contributed by atoms with Crippen LogP contribution in [0.25, 0.3) is 0 Å². The maximum atomic E-state index is 6.32. The van der Waals surface area contributed by atoms with Crippen molar-refractivity contribution in [3.8, 4) is 0 Å². The Morgan fingerprint density at radius 3 is 2.32 bits per heavy atom. The Labute approximate surface area is 126 Å². The smallest absolute Gasteiger partial charge is 0.0453 e. The summed E-state index contributed by atoms with van der Waals surface area (Å²) in [5.41, 5.74) is 1.35. The molecule has 0 bridgehead atoms. The molecular weight excluding hydrogens is 277 g/mol. The van der Waals surface area contributed by atoms with Crippen molar-refractivity contribution in [1.29, 1.82) is 0 Å². The summed E-state index contributed by atoms with van der Waals surface area (Å²) in [6.45, 7) is 7.77. The van der Waals surface area contributed by atoms with E-state index in [0.717, 1.165) is 34.5 Å². The largest absolute Gasteiger partial charge is 0.314 e. The number of halogens is 2. The van der Waals surface area contributed by atoms with Crippen LogP contribution in [0.15, 0.2) is 18.2 Å². The molecule has 1 aromatic rings. The van der Waals surface area contributed by atoms with Crippen LogP contribution in [0.1, 0.15) is 39.2 Å². The first-order valence-electron chi connectivity index (χ1n) is 7.08. The van der Waals surface area contributed by atoms with Crippen molar-refractivity contribution < 1.29 is 0 Å². The van der Waals surface area contributed by atoms with E-state index in [1.165, 1.54) is 12.8 Å². The van der Waals surface area contributed by atoms with Crippen molar-refractivity contribution >= 4 is 23.2 Å². The highest BCUT2D eigenvalue weighted by Gasteiger charge is 2.41. The number of rotatable bonds is 6. The molecule has 0 saturated heterocycles. The highest BCUT2D eigenvalue weighted by atomic mass is 35.5. The van der Waals surface area contributed by atoms with Gasteiger partial charge in [0.05, 0.1) is 0 Å². The number of benzene rings is 1. The van der Waals surface area contributed by atoms with E-state index < -0.39 is 0 Å². The molecule has 0 amide bonds. The number of hydrogen-bond acceptors (Lipinski definition) is 1. The van der Waals surface area contributed by atoms with Crippen molar-refractivity contribution in [2.75, 3.05) is 6.54 Å². The quantitative estimate of drug-likeness (QED) is 0.783. The summed E-state index contributed by atoms with van der Waals surface area (Å²) in [4.78, 5) is 0. The van der Waals surface area contributed by atoms with Crippen LogP contribution >= 0.6 is 23.2 Å². The summed E-state index contributed by atoms with van der Waals surface area (Å²) in [5, 5.41) is 5.17. The molecule has 3 heteroatoms. The first kappa shape index (κ1) is 15.2. The van der Waals surface area contributed by atoms with E-state index in [-0.39, 0.29) is 5.41 Å². The summed E-state index contributed by atoms with van der Waals surface area (Å²) in [5.74, 6) is 0.797. The second kappa shape index (κ2) is 6.03. The third-order valence-electron chi connectivity index (χ3n) is 4.12. The molecule has 0 heterocycles. The Balaban J connectivity index is 2.16. The molecule has 1 fully saturated rings. The van der Waals surface area contributed by atoms with E-state index in [4.69, 9.17) is 23.2 Å². The Morgan fingerprint density at radius 1 is 1.26 bits per heavy atom. The molecule has 1 unspecified atom stereocenters. The maximum Gasteiger partial charge on any atom is 0.0453 e. The third kappa shape index (κ3) is 3.87. The monoisotopic (exact) mass is 299 g/mol.